The van der Waals surface area contributed by atoms with E-state index in [9.17, 15) is 5.11 Å². The molecule has 0 bridgehead atoms. The topological polar surface area (TPSA) is 29.5 Å². The highest BCUT2D eigenvalue weighted by atomic mass is 28.3. The molecule has 0 aromatic rings. The van der Waals surface area contributed by atoms with Gasteiger partial charge < -0.3 is 9.84 Å². The molecule has 4 aliphatic rings. The Labute approximate surface area is 178 Å². The number of ether oxygens (including phenoxy) is 1. The number of hydrogen-bond donors (Lipinski definition) is 1. The summed E-state index contributed by atoms with van der Waals surface area (Å²) in [6.07, 6.45) is 11.2. The summed E-state index contributed by atoms with van der Waals surface area (Å²) < 4.78 is 5.57. The van der Waals surface area contributed by atoms with Gasteiger partial charge in [0.05, 0.1) is 12.9 Å². The molecule has 158 valence electrons. The van der Waals surface area contributed by atoms with Crippen molar-refractivity contribution in [3.8, 4) is 11.5 Å². The largest absolute Gasteiger partial charge is 0.501 e. The highest BCUT2D eigenvalue weighted by Crippen LogP contribution is 2.67. The second kappa shape index (κ2) is 6.63. The molecular weight excluding hydrogens is 372 g/mol. The lowest BCUT2D eigenvalue weighted by molar-refractivity contribution is -0.0854. The summed E-state index contributed by atoms with van der Waals surface area (Å²) in [4.78, 5) is 0. The van der Waals surface area contributed by atoms with Gasteiger partial charge in [-0.2, -0.15) is 0 Å². The Morgan fingerprint density at radius 3 is 2.59 bits per heavy atom. The summed E-state index contributed by atoms with van der Waals surface area (Å²) in [5.74, 6) is 6.27. The van der Waals surface area contributed by atoms with Crippen LogP contribution in [0, 0.1) is 40.0 Å². The van der Waals surface area contributed by atoms with Crippen molar-refractivity contribution in [1.82, 2.24) is 0 Å². The van der Waals surface area contributed by atoms with E-state index >= 15 is 0 Å². The van der Waals surface area contributed by atoms with Gasteiger partial charge in [0.15, 0.2) is 5.60 Å². The molecule has 0 heterocycles. The minimum atomic E-state index is -1.56. The molecule has 2 fully saturated rings. The van der Waals surface area contributed by atoms with Gasteiger partial charge in [0.2, 0.25) is 0 Å². The molecule has 0 aliphatic heterocycles. The van der Waals surface area contributed by atoms with Crippen LogP contribution in [0.15, 0.2) is 35.6 Å². The summed E-state index contributed by atoms with van der Waals surface area (Å²) in [5, 5.41) is 11.8. The number of aliphatic hydroxyl groups is 1. The molecule has 0 unspecified atom stereocenters. The average Bonchev–Trinajstić information content (AvgIpc) is 2.86. The first-order valence-corrected chi connectivity index (χ1v) is 14.8. The zero-order valence-electron chi connectivity index (χ0n) is 19.2. The van der Waals surface area contributed by atoms with Crippen molar-refractivity contribution >= 4 is 8.07 Å². The Balaban J connectivity index is 1.71. The maximum absolute atomic E-state index is 11.8. The van der Waals surface area contributed by atoms with E-state index in [-0.39, 0.29) is 10.8 Å². The lowest BCUT2D eigenvalue weighted by Gasteiger charge is -2.57. The van der Waals surface area contributed by atoms with Gasteiger partial charge in [0.25, 0.3) is 0 Å². The molecule has 0 amide bonds. The summed E-state index contributed by atoms with van der Waals surface area (Å²) in [5.41, 5.74) is 4.95. The van der Waals surface area contributed by atoms with E-state index in [0.29, 0.717) is 17.8 Å². The lowest BCUT2D eigenvalue weighted by atomic mass is 9.47. The van der Waals surface area contributed by atoms with Gasteiger partial charge in [0.1, 0.15) is 8.07 Å². The Hall–Kier alpha value is -1.24. The fraction of sp³-hybridized carbons (Fsp3) is 0.692. The summed E-state index contributed by atoms with van der Waals surface area (Å²) in [6, 6.07) is 0. The van der Waals surface area contributed by atoms with Gasteiger partial charge in [-0.05, 0) is 72.5 Å². The van der Waals surface area contributed by atoms with Crippen LogP contribution < -0.4 is 0 Å². The maximum Gasteiger partial charge on any atom is 0.151 e. The third-order valence-electron chi connectivity index (χ3n) is 8.81. The van der Waals surface area contributed by atoms with E-state index in [0.717, 1.165) is 37.0 Å². The molecule has 2 nitrogen and oxygen atoms in total. The molecule has 0 saturated heterocycles. The van der Waals surface area contributed by atoms with Crippen LogP contribution in [-0.4, -0.2) is 25.9 Å². The summed E-state index contributed by atoms with van der Waals surface area (Å²) >= 11 is 0. The van der Waals surface area contributed by atoms with Gasteiger partial charge in [-0.25, -0.2) is 0 Å². The average molecular weight is 411 g/mol. The van der Waals surface area contributed by atoms with Crippen molar-refractivity contribution in [2.75, 3.05) is 7.11 Å². The highest BCUT2D eigenvalue weighted by molar-refractivity contribution is 6.83. The molecule has 0 aromatic heterocycles. The van der Waals surface area contributed by atoms with Crippen LogP contribution in [0.25, 0.3) is 0 Å². The van der Waals surface area contributed by atoms with Crippen LogP contribution in [0.3, 0.4) is 0 Å². The molecule has 4 rings (SSSR count). The van der Waals surface area contributed by atoms with Crippen LogP contribution in [0.5, 0.6) is 0 Å². The Morgan fingerprint density at radius 1 is 1.21 bits per heavy atom. The fourth-order valence-electron chi connectivity index (χ4n) is 6.93. The number of fused-ring (bicyclic) bond motifs is 5. The SMILES string of the molecule is C=C1C[C@H]2[C@@H]3CC=C4C=C(OC)CC[C@]4(C)[C@H]3CC[C@]2(C)[C@]1(O)C#C[Si](C)(C)C. The molecule has 2 saturated carbocycles. The molecule has 6 atom stereocenters. The molecule has 29 heavy (non-hydrogen) atoms. The molecule has 0 spiro atoms. The Bertz CT molecular complexity index is 850. The minimum absolute atomic E-state index is 0.179. The first kappa shape index (κ1) is 21.0. The first-order valence-electron chi connectivity index (χ1n) is 11.3. The van der Waals surface area contributed by atoms with Crippen LogP contribution in [0.2, 0.25) is 19.6 Å². The summed E-state index contributed by atoms with van der Waals surface area (Å²) in [6.45, 7) is 15.9. The minimum Gasteiger partial charge on any atom is -0.501 e. The zero-order valence-corrected chi connectivity index (χ0v) is 20.2. The van der Waals surface area contributed by atoms with Crippen molar-refractivity contribution in [1.29, 1.82) is 0 Å². The Morgan fingerprint density at radius 2 is 1.93 bits per heavy atom. The number of methoxy groups -OCH3 is 1. The second-order valence-corrected chi connectivity index (χ2v) is 16.2. The van der Waals surface area contributed by atoms with Crippen LogP contribution >= 0.6 is 0 Å². The van der Waals surface area contributed by atoms with E-state index in [2.05, 4.69) is 63.7 Å². The molecule has 0 radical (unpaired) electrons. The molecule has 0 aromatic carbocycles. The van der Waals surface area contributed by atoms with E-state index < -0.39 is 13.7 Å². The van der Waals surface area contributed by atoms with Crippen molar-refractivity contribution in [2.24, 2.45) is 28.6 Å². The van der Waals surface area contributed by atoms with Crippen LogP contribution in [-0.2, 0) is 4.74 Å². The predicted octanol–water partition coefficient (Wildman–Crippen LogP) is 5.87. The normalized spacial score (nSPS) is 43.8. The maximum atomic E-state index is 11.8. The van der Waals surface area contributed by atoms with Crippen molar-refractivity contribution < 1.29 is 9.84 Å². The summed E-state index contributed by atoms with van der Waals surface area (Å²) in [7, 11) is 0.230. The van der Waals surface area contributed by atoms with Crippen LogP contribution in [0.1, 0.15) is 52.4 Å². The van der Waals surface area contributed by atoms with Gasteiger partial charge >= 0.3 is 0 Å². The van der Waals surface area contributed by atoms with E-state index in [1.807, 2.05) is 0 Å². The van der Waals surface area contributed by atoms with Crippen LogP contribution in [0.4, 0.5) is 0 Å². The smallest absolute Gasteiger partial charge is 0.151 e. The Kier molecular flexibility index (Phi) is 4.80. The highest BCUT2D eigenvalue weighted by Gasteiger charge is 2.64. The standard InChI is InChI=1S/C26H38O2Si/c1-18-16-23-21-9-8-19-17-20(28-4)10-12-24(19,2)22(21)11-13-25(23,3)26(18,27)14-15-29(5,6)7/h8,17,21-23,27H,1,9-13,16H2,2-7H3/t21-,22+,23+,24+,25+,26+/m1/s1. The van der Waals surface area contributed by atoms with Gasteiger partial charge in [-0.3, -0.25) is 0 Å². The van der Waals surface area contributed by atoms with Gasteiger partial charge in [0, 0.05) is 11.8 Å². The van der Waals surface area contributed by atoms with Crippen molar-refractivity contribution in [3.05, 3.63) is 35.6 Å². The third kappa shape index (κ3) is 3.01. The van der Waals surface area contributed by atoms with Gasteiger partial charge in [-0.1, -0.05) is 52.1 Å². The number of rotatable bonds is 1. The lowest BCUT2D eigenvalue weighted by Crippen LogP contribution is -2.54. The van der Waals surface area contributed by atoms with Crippen molar-refractivity contribution in [3.63, 3.8) is 0 Å². The fourth-order valence-corrected chi connectivity index (χ4v) is 7.49. The number of hydrogen-bond acceptors (Lipinski definition) is 2. The molecular formula is C26H38O2Si. The zero-order chi connectivity index (χ0) is 21.2. The monoisotopic (exact) mass is 410 g/mol. The van der Waals surface area contributed by atoms with E-state index in [4.69, 9.17) is 4.74 Å². The molecule has 3 heteroatoms. The molecule has 1 N–H and O–H groups in total. The third-order valence-corrected chi connectivity index (χ3v) is 9.68. The predicted molar refractivity (Wildman–Crippen MR) is 123 cm³/mol. The number of allylic oxidation sites excluding steroid dienone is 4. The quantitative estimate of drug-likeness (QED) is 0.333. The van der Waals surface area contributed by atoms with E-state index in [1.165, 1.54) is 18.4 Å². The van der Waals surface area contributed by atoms with E-state index in [1.54, 1.807) is 7.11 Å². The second-order valence-electron chi connectivity index (χ2n) is 11.5. The van der Waals surface area contributed by atoms with Crippen molar-refractivity contribution in [2.45, 2.75) is 77.6 Å². The van der Waals surface area contributed by atoms with Gasteiger partial charge in [-0.15, -0.1) is 5.54 Å². The first-order chi connectivity index (χ1) is 13.4. The molecule has 4 aliphatic carbocycles.